The number of aryl methyl sites for hydroxylation is 1. The number of carbonyl (C=O) groups excluding carboxylic acids is 1. The molecule has 1 aliphatic heterocycles. The van der Waals surface area contributed by atoms with Gasteiger partial charge in [0, 0.05) is 18.0 Å². The lowest BCUT2D eigenvalue weighted by Gasteiger charge is -2.25. The van der Waals surface area contributed by atoms with Gasteiger partial charge < -0.3 is 4.90 Å². The number of aromatic nitrogens is 3. The molecule has 0 bridgehead atoms. The van der Waals surface area contributed by atoms with Crippen LogP contribution in [0.25, 0.3) is 5.69 Å². The number of nitrogens with zero attached hydrogens (tertiary/aromatic N) is 4. The van der Waals surface area contributed by atoms with Gasteiger partial charge in [-0.2, -0.15) is 0 Å². The highest BCUT2D eigenvalue weighted by molar-refractivity contribution is 7.10. The van der Waals surface area contributed by atoms with Crippen molar-refractivity contribution in [3.05, 3.63) is 63.6 Å². The summed E-state index contributed by atoms with van der Waals surface area (Å²) in [7, 11) is 0. The van der Waals surface area contributed by atoms with Gasteiger partial charge in [-0.3, -0.25) is 4.79 Å². The molecule has 0 radical (unpaired) electrons. The molecule has 7 heteroatoms. The fourth-order valence-electron chi connectivity index (χ4n) is 2.87. The molecule has 1 aliphatic rings. The van der Waals surface area contributed by atoms with Crippen molar-refractivity contribution in [3.8, 4) is 5.69 Å². The number of hydrogen-bond acceptors (Lipinski definition) is 4. The van der Waals surface area contributed by atoms with Crippen LogP contribution in [0.2, 0.25) is 0 Å². The summed E-state index contributed by atoms with van der Waals surface area (Å²) in [5, 5.41) is 6.38. The zero-order valence-corrected chi connectivity index (χ0v) is 13.9. The summed E-state index contributed by atoms with van der Waals surface area (Å²) >= 11 is 1.74. The fraction of sp³-hybridized carbons (Fsp3) is 0.235. The van der Waals surface area contributed by atoms with E-state index >= 15 is 0 Å². The molecule has 5 nitrogen and oxygen atoms in total. The molecule has 1 aromatic carbocycles. The molecule has 0 saturated carbocycles. The molecule has 2 aromatic heterocycles. The lowest BCUT2D eigenvalue weighted by Crippen LogP contribution is -2.36. The lowest BCUT2D eigenvalue weighted by molar-refractivity contribution is 0.0723. The summed E-state index contributed by atoms with van der Waals surface area (Å²) in [4.78, 5) is 20.1. The predicted molar refractivity (Wildman–Crippen MR) is 88.8 cm³/mol. The van der Waals surface area contributed by atoms with Crippen molar-refractivity contribution in [2.24, 2.45) is 0 Å². The van der Waals surface area contributed by atoms with Gasteiger partial charge >= 0.3 is 0 Å². The van der Waals surface area contributed by atoms with Gasteiger partial charge in [0.1, 0.15) is 11.6 Å². The SMILES string of the molecule is Cc1nc(C(=O)N2CCc3sccc3C2)nn1-c1ccc(F)cc1. The van der Waals surface area contributed by atoms with E-state index in [2.05, 4.69) is 21.5 Å². The second-order valence-corrected chi connectivity index (χ2v) is 6.72. The van der Waals surface area contributed by atoms with E-state index in [0.717, 1.165) is 6.42 Å². The number of carbonyl (C=O) groups is 1. The van der Waals surface area contributed by atoms with Gasteiger partial charge in [-0.15, -0.1) is 16.4 Å². The van der Waals surface area contributed by atoms with Crippen LogP contribution in [0.4, 0.5) is 4.39 Å². The van der Waals surface area contributed by atoms with E-state index in [0.29, 0.717) is 24.6 Å². The van der Waals surface area contributed by atoms with Crippen LogP contribution in [0.3, 0.4) is 0 Å². The Morgan fingerprint density at radius 1 is 1.25 bits per heavy atom. The monoisotopic (exact) mass is 342 g/mol. The number of fused-ring (bicyclic) bond motifs is 1. The Bertz CT molecular complexity index is 900. The van der Waals surface area contributed by atoms with E-state index in [1.165, 1.54) is 22.6 Å². The highest BCUT2D eigenvalue weighted by atomic mass is 32.1. The Morgan fingerprint density at radius 2 is 2.04 bits per heavy atom. The first-order valence-electron chi connectivity index (χ1n) is 7.66. The molecule has 4 rings (SSSR count). The molecular weight excluding hydrogens is 327 g/mol. The third-order valence-corrected chi connectivity index (χ3v) is 5.15. The number of rotatable bonds is 2. The van der Waals surface area contributed by atoms with Gasteiger partial charge in [0.05, 0.1) is 5.69 Å². The smallest absolute Gasteiger partial charge is 0.293 e. The zero-order valence-electron chi connectivity index (χ0n) is 13.1. The van der Waals surface area contributed by atoms with Crippen molar-refractivity contribution in [3.63, 3.8) is 0 Å². The summed E-state index contributed by atoms with van der Waals surface area (Å²) < 4.78 is 14.6. The second-order valence-electron chi connectivity index (χ2n) is 5.72. The van der Waals surface area contributed by atoms with Crippen molar-refractivity contribution < 1.29 is 9.18 Å². The van der Waals surface area contributed by atoms with Gasteiger partial charge in [-0.05, 0) is 54.6 Å². The largest absolute Gasteiger partial charge is 0.331 e. The molecule has 3 heterocycles. The minimum Gasteiger partial charge on any atom is -0.331 e. The Labute approximate surface area is 142 Å². The Morgan fingerprint density at radius 3 is 2.83 bits per heavy atom. The quantitative estimate of drug-likeness (QED) is 0.719. The Balaban J connectivity index is 1.60. The van der Waals surface area contributed by atoms with Crippen LogP contribution >= 0.6 is 11.3 Å². The van der Waals surface area contributed by atoms with Crippen LogP contribution in [0.5, 0.6) is 0 Å². The van der Waals surface area contributed by atoms with E-state index < -0.39 is 0 Å². The molecule has 24 heavy (non-hydrogen) atoms. The molecule has 0 saturated heterocycles. The maximum absolute atomic E-state index is 13.1. The molecule has 1 amide bonds. The van der Waals surface area contributed by atoms with E-state index in [-0.39, 0.29) is 17.5 Å². The Kier molecular flexibility index (Phi) is 3.65. The Hall–Kier alpha value is -2.54. The molecule has 0 unspecified atom stereocenters. The maximum Gasteiger partial charge on any atom is 0.293 e. The van der Waals surface area contributed by atoms with Crippen LogP contribution in [0.1, 0.15) is 26.9 Å². The molecule has 122 valence electrons. The van der Waals surface area contributed by atoms with Gasteiger partial charge in [0.2, 0.25) is 5.82 Å². The van der Waals surface area contributed by atoms with Crippen molar-refractivity contribution in [1.82, 2.24) is 19.7 Å². The lowest BCUT2D eigenvalue weighted by atomic mass is 10.1. The average molecular weight is 342 g/mol. The minimum atomic E-state index is -0.312. The first-order valence-corrected chi connectivity index (χ1v) is 8.54. The van der Waals surface area contributed by atoms with Crippen LogP contribution in [0, 0.1) is 12.7 Å². The standard InChI is InChI=1S/C17H15FN4OS/c1-11-19-16(20-22(11)14-4-2-13(18)3-5-14)17(23)21-8-6-15-12(10-21)7-9-24-15/h2-5,7,9H,6,8,10H2,1H3. The van der Waals surface area contributed by atoms with Crippen molar-refractivity contribution in [2.45, 2.75) is 19.9 Å². The van der Waals surface area contributed by atoms with E-state index in [1.807, 2.05) is 0 Å². The van der Waals surface area contributed by atoms with Crippen molar-refractivity contribution in [2.75, 3.05) is 6.54 Å². The molecule has 0 N–H and O–H groups in total. The highest BCUT2D eigenvalue weighted by Gasteiger charge is 2.26. The van der Waals surface area contributed by atoms with Gasteiger partial charge in [-0.25, -0.2) is 14.1 Å². The summed E-state index contributed by atoms with van der Waals surface area (Å²) in [5.41, 5.74) is 1.88. The van der Waals surface area contributed by atoms with Crippen molar-refractivity contribution >= 4 is 17.2 Å². The molecule has 0 aliphatic carbocycles. The minimum absolute atomic E-state index is 0.171. The van der Waals surface area contributed by atoms with Gasteiger partial charge in [0.25, 0.3) is 5.91 Å². The first kappa shape index (κ1) is 15.0. The number of amides is 1. The van der Waals surface area contributed by atoms with E-state index in [9.17, 15) is 9.18 Å². The number of thiophene rings is 1. The van der Waals surface area contributed by atoms with Gasteiger partial charge in [-0.1, -0.05) is 0 Å². The molecule has 3 aromatic rings. The number of hydrogen-bond donors (Lipinski definition) is 0. The number of benzene rings is 1. The average Bonchev–Trinajstić information content (AvgIpc) is 3.20. The highest BCUT2D eigenvalue weighted by Crippen LogP contribution is 2.24. The second kappa shape index (κ2) is 5.83. The van der Waals surface area contributed by atoms with E-state index in [1.54, 1.807) is 40.0 Å². The number of halogens is 1. The summed E-state index contributed by atoms with van der Waals surface area (Å²) in [6.45, 7) is 3.05. The third kappa shape index (κ3) is 2.60. The van der Waals surface area contributed by atoms with Crippen molar-refractivity contribution in [1.29, 1.82) is 0 Å². The van der Waals surface area contributed by atoms with Crippen LogP contribution < -0.4 is 0 Å². The van der Waals surface area contributed by atoms with Crippen LogP contribution in [-0.2, 0) is 13.0 Å². The normalized spacial score (nSPS) is 13.8. The third-order valence-electron chi connectivity index (χ3n) is 4.13. The summed E-state index contributed by atoms with van der Waals surface area (Å²) in [6, 6.07) is 8.02. The molecule has 0 fully saturated rings. The molecule has 0 spiro atoms. The molecule has 0 atom stereocenters. The predicted octanol–water partition coefficient (Wildman–Crippen LogP) is 2.97. The summed E-state index contributed by atoms with van der Waals surface area (Å²) in [5.74, 6) is 0.289. The maximum atomic E-state index is 13.1. The summed E-state index contributed by atoms with van der Waals surface area (Å²) in [6.07, 6.45) is 0.871. The topological polar surface area (TPSA) is 51.0 Å². The fourth-order valence-corrected chi connectivity index (χ4v) is 3.76. The van der Waals surface area contributed by atoms with E-state index in [4.69, 9.17) is 0 Å². The zero-order chi connectivity index (χ0) is 16.7. The van der Waals surface area contributed by atoms with Gasteiger partial charge in [0.15, 0.2) is 0 Å². The molecular formula is C17H15FN4OS. The van der Waals surface area contributed by atoms with Crippen LogP contribution in [0.15, 0.2) is 35.7 Å². The first-order chi connectivity index (χ1) is 11.6. The van der Waals surface area contributed by atoms with Crippen LogP contribution in [-0.4, -0.2) is 32.1 Å².